The second-order valence-corrected chi connectivity index (χ2v) is 7.83. The Morgan fingerprint density at radius 3 is 2.65 bits per heavy atom. The number of pyridine rings is 1. The van der Waals surface area contributed by atoms with Gasteiger partial charge in [-0.3, -0.25) is 9.78 Å². The van der Waals surface area contributed by atoms with E-state index in [9.17, 15) is 13.2 Å². The van der Waals surface area contributed by atoms with Gasteiger partial charge in [0.2, 0.25) is 15.9 Å². The maximum atomic E-state index is 12.9. The van der Waals surface area contributed by atoms with Crippen molar-refractivity contribution in [3.8, 4) is 0 Å². The summed E-state index contributed by atoms with van der Waals surface area (Å²) in [7, 11) is -3.63. The summed E-state index contributed by atoms with van der Waals surface area (Å²) in [5.41, 5.74) is 6.77. The van der Waals surface area contributed by atoms with Crippen LogP contribution in [0.5, 0.6) is 0 Å². The third-order valence-electron chi connectivity index (χ3n) is 4.28. The number of fused-ring (bicyclic) bond motifs is 1. The third-order valence-corrected chi connectivity index (χ3v) is 6.22. The minimum Gasteiger partial charge on any atom is -0.369 e. The Bertz CT molecular complexity index is 856. The standard InChI is InChI=1S/C16H19N3O3S/c1-11-9-13-3-2-4-14(15(13)18-10-11)23(21,22)19-7-5-12(6-8-19)16(17)20/h2-4,9-10,12H,5-8H2,1H3,(H2,17,20). The Morgan fingerprint density at radius 1 is 1.30 bits per heavy atom. The van der Waals surface area contributed by atoms with Crippen molar-refractivity contribution in [2.75, 3.05) is 13.1 Å². The van der Waals surface area contributed by atoms with Crippen LogP contribution in [0.15, 0.2) is 35.4 Å². The molecule has 1 aliphatic heterocycles. The normalized spacial score (nSPS) is 17.4. The molecule has 0 aliphatic carbocycles. The van der Waals surface area contributed by atoms with E-state index >= 15 is 0 Å². The topological polar surface area (TPSA) is 93.4 Å². The van der Waals surface area contributed by atoms with Gasteiger partial charge in [0.1, 0.15) is 4.90 Å². The number of amides is 1. The Kier molecular flexibility index (Phi) is 4.08. The van der Waals surface area contributed by atoms with Gasteiger partial charge in [-0.25, -0.2) is 8.42 Å². The SMILES string of the molecule is Cc1cnc2c(S(=O)(=O)N3CCC(C(N)=O)CC3)cccc2c1. The average molecular weight is 333 g/mol. The number of carbonyl (C=O) groups is 1. The first-order valence-electron chi connectivity index (χ1n) is 7.54. The first kappa shape index (κ1) is 15.9. The smallest absolute Gasteiger partial charge is 0.245 e. The van der Waals surface area contributed by atoms with Gasteiger partial charge in [-0.05, 0) is 37.5 Å². The molecule has 1 saturated heterocycles. The zero-order valence-corrected chi connectivity index (χ0v) is 13.7. The first-order chi connectivity index (χ1) is 10.9. The molecule has 122 valence electrons. The van der Waals surface area contributed by atoms with Gasteiger partial charge in [-0.1, -0.05) is 12.1 Å². The highest BCUT2D eigenvalue weighted by molar-refractivity contribution is 7.89. The van der Waals surface area contributed by atoms with Gasteiger partial charge in [0.15, 0.2) is 0 Å². The lowest BCUT2D eigenvalue weighted by atomic mass is 9.98. The average Bonchev–Trinajstić information content (AvgIpc) is 2.54. The van der Waals surface area contributed by atoms with Crippen molar-refractivity contribution in [2.45, 2.75) is 24.7 Å². The predicted molar refractivity (Wildman–Crippen MR) is 87.2 cm³/mol. The van der Waals surface area contributed by atoms with Gasteiger partial charge in [0.25, 0.3) is 0 Å². The second-order valence-electron chi connectivity index (χ2n) is 5.92. The molecule has 1 aromatic heterocycles. The van der Waals surface area contributed by atoms with Crippen LogP contribution in [0.2, 0.25) is 0 Å². The number of primary amides is 1. The van der Waals surface area contributed by atoms with E-state index in [1.54, 1.807) is 18.3 Å². The molecule has 0 radical (unpaired) electrons. The second kappa shape index (κ2) is 5.90. The van der Waals surface area contributed by atoms with E-state index in [4.69, 9.17) is 5.73 Å². The lowest BCUT2D eigenvalue weighted by Gasteiger charge is -2.29. The molecule has 6 nitrogen and oxygen atoms in total. The molecule has 3 rings (SSSR count). The van der Waals surface area contributed by atoms with E-state index < -0.39 is 10.0 Å². The van der Waals surface area contributed by atoms with E-state index in [1.807, 2.05) is 19.1 Å². The molecule has 1 amide bonds. The molecule has 0 unspecified atom stereocenters. The summed E-state index contributed by atoms with van der Waals surface area (Å²) in [6, 6.07) is 7.08. The number of aromatic nitrogens is 1. The summed E-state index contributed by atoms with van der Waals surface area (Å²) in [6.45, 7) is 2.53. The van der Waals surface area contributed by atoms with Crippen molar-refractivity contribution in [3.05, 3.63) is 36.0 Å². The van der Waals surface area contributed by atoms with Gasteiger partial charge in [0.05, 0.1) is 5.52 Å². The first-order valence-corrected chi connectivity index (χ1v) is 8.98. The summed E-state index contributed by atoms with van der Waals surface area (Å²) in [5, 5.41) is 0.804. The third kappa shape index (κ3) is 2.94. The molecule has 1 aromatic carbocycles. The van der Waals surface area contributed by atoms with Crippen molar-refractivity contribution in [1.29, 1.82) is 0 Å². The summed E-state index contributed by atoms with van der Waals surface area (Å²) >= 11 is 0. The highest BCUT2D eigenvalue weighted by Gasteiger charge is 2.32. The number of aryl methyl sites for hydroxylation is 1. The monoisotopic (exact) mass is 333 g/mol. The van der Waals surface area contributed by atoms with Crippen LogP contribution in [0, 0.1) is 12.8 Å². The Hall–Kier alpha value is -1.99. The molecule has 2 aromatic rings. The van der Waals surface area contributed by atoms with E-state index in [0.717, 1.165) is 10.9 Å². The van der Waals surface area contributed by atoms with Gasteiger partial charge in [-0.15, -0.1) is 0 Å². The minimum atomic E-state index is -3.63. The molecule has 1 fully saturated rings. The fraction of sp³-hybridized carbons (Fsp3) is 0.375. The van der Waals surface area contributed by atoms with E-state index in [1.165, 1.54) is 4.31 Å². The van der Waals surface area contributed by atoms with Crippen LogP contribution in [0.25, 0.3) is 10.9 Å². The number of sulfonamides is 1. The fourth-order valence-electron chi connectivity index (χ4n) is 2.97. The largest absolute Gasteiger partial charge is 0.369 e. The summed E-state index contributed by atoms with van der Waals surface area (Å²) in [5.74, 6) is -0.598. The summed E-state index contributed by atoms with van der Waals surface area (Å²) < 4.78 is 27.3. The molecular weight excluding hydrogens is 314 g/mol. The molecule has 2 N–H and O–H groups in total. The molecule has 0 saturated carbocycles. The van der Waals surface area contributed by atoms with Crippen molar-refractivity contribution in [2.24, 2.45) is 11.7 Å². The van der Waals surface area contributed by atoms with Gasteiger partial charge in [-0.2, -0.15) is 4.31 Å². The molecule has 1 aliphatic rings. The number of hydrogen-bond acceptors (Lipinski definition) is 4. The van der Waals surface area contributed by atoms with Crippen LogP contribution in [-0.4, -0.2) is 36.7 Å². The van der Waals surface area contributed by atoms with Gasteiger partial charge in [0, 0.05) is 30.6 Å². The Balaban J connectivity index is 1.96. The number of nitrogens with two attached hydrogens (primary N) is 1. The van der Waals surface area contributed by atoms with Crippen molar-refractivity contribution >= 4 is 26.8 Å². The Labute approximate surface area is 135 Å². The van der Waals surface area contributed by atoms with Crippen LogP contribution in [0.1, 0.15) is 18.4 Å². The molecule has 0 spiro atoms. The number of hydrogen-bond donors (Lipinski definition) is 1. The van der Waals surface area contributed by atoms with E-state index in [0.29, 0.717) is 31.4 Å². The van der Waals surface area contributed by atoms with Crippen LogP contribution >= 0.6 is 0 Å². The zero-order valence-electron chi connectivity index (χ0n) is 12.9. The molecule has 0 bridgehead atoms. The van der Waals surface area contributed by atoms with E-state index in [-0.39, 0.29) is 16.7 Å². The zero-order chi connectivity index (χ0) is 16.6. The fourth-order valence-corrected chi connectivity index (χ4v) is 4.61. The van der Waals surface area contributed by atoms with Crippen LogP contribution in [-0.2, 0) is 14.8 Å². The number of para-hydroxylation sites is 1. The number of benzene rings is 1. The minimum absolute atomic E-state index is 0.215. The highest BCUT2D eigenvalue weighted by Crippen LogP contribution is 2.28. The Morgan fingerprint density at radius 2 is 2.00 bits per heavy atom. The quantitative estimate of drug-likeness (QED) is 0.919. The van der Waals surface area contributed by atoms with Crippen molar-refractivity contribution < 1.29 is 13.2 Å². The highest BCUT2D eigenvalue weighted by atomic mass is 32.2. The number of rotatable bonds is 3. The lowest BCUT2D eigenvalue weighted by Crippen LogP contribution is -2.41. The van der Waals surface area contributed by atoms with Gasteiger partial charge < -0.3 is 5.73 Å². The summed E-state index contributed by atoms with van der Waals surface area (Å²) in [6.07, 6.45) is 2.60. The molecule has 0 atom stereocenters. The molecule has 7 heteroatoms. The lowest BCUT2D eigenvalue weighted by molar-refractivity contribution is -0.122. The van der Waals surface area contributed by atoms with Crippen LogP contribution < -0.4 is 5.73 Å². The summed E-state index contributed by atoms with van der Waals surface area (Å²) in [4.78, 5) is 15.8. The predicted octanol–water partition coefficient (Wildman–Crippen LogP) is 1.43. The van der Waals surface area contributed by atoms with E-state index in [2.05, 4.69) is 4.98 Å². The van der Waals surface area contributed by atoms with Crippen molar-refractivity contribution in [3.63, 3.8) is 0 Å². The van der Waals surface area contributed by atoms with Gasteiger partial charge >= 0.3 is 0 Å². The maximum absolute atomic E-state index is 12.9. The number of nitrogens with zero attached hydrogens (tertiary/aromatic N) is 2. The van der Waals surface area contributed by atoms with Crippen molar-refractivity contribution in [1.82, 2.24) is 9.29 Å². The van der Waals surface area contributed by atoms with Crippen LogP contribution in [0.3, 0.4) is 0 Å². The molecule has 2 heterocycles. The number of piperidine rings is 1. The maximum Gasteiger partial charge on any atom is 0.245 e. The number of carbonyl (C=O) groups excluding carboxylic acids is 1. The molecular formula is C16H19N3O3S. The molecule has 23 heavy (non-hydrogen) atoms. The van der Waals surface area contributed by atoms with Crippen LogP contribution in [0.4, 0.5) is 0 Å².